The summed E-state index contributed by atoms with van der Waals surface area (Å²) < 4.78 is 28.8. The van der Waals surface area contributed by atoms with Gasteiger partial charge in [0.05, 0.1) is 22.9 Å². The largest absolute Gasteiger partial charge is 0.308 e. The van der Waals surface area contributed by atoms with Gasteiger partial charge in [0.2, 0.25) is 15.9 Å². The minimum Gasteiger partial charge on any atom is -0.308 e. The van der Waals surface area contributed by atoms with E-state index in [1.54, 1.807) is 12.1 Å². The minimum atomic E-state index is -3.50. The SMILES string of the molecule is CCN(CC)S(=O)(=O)c1ccc(Cn2nc(NC(=O)C(C)c3ccccc3)c3ccccc32)cc1. The number of nitrogens with zero attached hydrogens (tertiary/aromatic N) is 3. The number of anilines is 1. The number of rotatable bonds is 9. The molecule has 4 rings (SSSR count). The molecular formula is C27H30N4O3S. The summed E-state index contributed by atoms with van der Waals surface area (Å²) in [7, 11) is -3.50. The number of amides is 1. The van der Waals surface area contributed by atoms with Gasteiger partial charge in [0.15, 0.2) is 5.82 Å². The molecule has 0 saturated heterocycles. The van der Waals surface area contributed by atoms with Crippen LogP contribution in [0.5, 0.6) is 0 Å². The Bertz CT molecular complexity index is 1410. The number of fused-ring (bicyclic) bond motifs is 1. The Morgan fingerprint density at radius 2 is 1.57 bits per heavy atom. The number of hydrogen-bond acceptors (Lipinski definition) is 4. The topological polar surface area (TPSA) is 84.3 Å². The second kappa shape index (κ2) is 10.4. The third-order valence-electron chi connectivity index (χ3n) is 6.19. The summed E-state index contributed by atoms with van der Waals surface area (Å²) in [4.78, 5) is 13.2. The Morgan fingerprint density at radius 3 is 2.23 bits per heavy atom. The molecule has 1 aromatic heterocycles. The smallest absolute Gasteiger partial charge is 0.243 e. The first kappa shape index (κ1) is 24.6. The Morgan fingerprint density at radius 1 is 0.943 bits per heavy atom. The monoisotopic (exact) mass is 490 g/mol. The predicted octanol–water partition coefficient (Wildman–Crippen LogP) is 4.86. The van der Waals surface area contributed by atoms with Gasteiger partial charge in [-0.25, -0.2) is 8.42 Å². The quantitative estimate of drug-likeness (QED) is 0.363. The van der Waals surface area contributed by atoms with Crippen LogP contribution in [0.4, 0.5) is 5.82 Å². The van der Waals surface area contributed by atoms with E-state index in [1.807, 2.05) is 92.2 Å². The molecule has 0 radical (unpaired) electrons. The van der Waals surface area contributed by atoms with E-state index in [0.717, 1.165) is 22.0 Å². The average molecular weight is 491 g/mol. The third-order valence-corrected chi connectivity index (χ3v) is 8.26. The molecule has 1 N–H and O–H groups in total. The number of hydrogen-bond donors (Lipinski definition) is 1. The molecule has 0 aliphatic carbocycles. The molecule has 0 aliphatic heterocycles. The molecule has 1 amide bonds. The van der Waals surface area contributed by atoms with Crippen molar-refractivity contribution in [3.05, 3.63) is 90.0 Å². The van der Waals surface area contributed by atoms with Crippen LogP contribution in [0, 0.1) is 0 Å². The lowest BCUT2D eigenvalue weighted by Gasteiger charge is -2.18. The van der Waals surface area contributed by atoms with Gasteiger partial charge in [0, 0.05) is 18.5 Å². The molecule has 1 heterocycles. The van der Waals surface area contributed by atoms with Crippen LogP contribution in [0.15, 0.2) is 83.8 Å². The maximum Gasteiger partial charge on any atom is 0.243 e. The van der Waals surface area contributed by atoms with Crippen molar-refractivity contribution < 1.29 is 13.2 Å². The van der Waals surface area contributed by atoms with E-state index in [-0.39, 0.29) is 16.7 Å². The first-order chi connectivity index (χ1) is 16.8. The molecule has 0 saturated carbocycles. The van der Waals surface area contributed by atoms with Crippen LogP contribution < -0.4 is 5.32 Å². The average Bonchev–Trinajstić information content (AvgIpc) is 3.22. The number of carbonyl (C=O) groups is 1. The minimum absolute atomic E-state index is 0.127. The summed E-state index contributed by atoms with van der Waals surface area (Å²) in [6.07, 6.45) is 0. The highest BCUT2D eigenvalue weighted by Gasteiger charge is 2.22. The standard InChI is InChI=1S/C27H30N4O3S/c1-4-30(5-2)35(33,34)23-17-15-21(16-18-23)19-31-25-14-10-9-13-24(25)26(29-31)28-27(32)20(3)22-11-7-6-8-12-22/h6-18,20H,4-5,19H2,1-3H3,(H,28,29,32). The van der Waals surface area contributed by atoms with Crippen LogP contribution in [0.1, 0.15) is 37.8 Å². The van der Waals surface area contributed by atoms with Crippen LogP contribution in [-0.4, -0.2) is 41.5 Å². The van der Waals surface area contributed by atoms with Crippen molar-refractivity contribution in [2.45, 2.75) is 38.1 Å². The van der Waals surface area contributed by atoms with Crippen molar-refractivity contribution >= 4 is 32.7 Å². The van der Waals surface area contributed by atoms with Crippen molar-refractivity contribution in [2.24, 2.45) is 0 Å². The Balaban J connectivity index is 1.58. The lowest BCUT2D eigenvalue weighted by molar-refractivity contribution is -0.117. The number of sulfonamides is 1. The summed E-state index contributed by atoms with van der Waals surface area (Å²) in [5.41, 5.74) is 2.73. The predicted molar refractivity (Wildman–Crippen MR) is 139 cm³/mol. The number of para-hydroxylation sites is 1. The van der Waals surface area contributed by atoms with E-state index in [1.165, 1.54) is 4.31 Å². The van der Waals surface area contributed by atoms with E-state index in [2.05, 4.69) is 10.4 Å². The number of aromatic nitrogens is 2. The molecule has 8 heteroatoms. The molecule has 0 fully saturated rings. The van der Waals surface area contributed by atoms with Crippen molar-refractivity contribution in [2.75, 3.05) is 18.4 Å². The molecule has 3 aromatic carbocycles. The van der Waals surface area contributed by atoms with Crippen LogP contribution in [-0.2, 0) is 21.4 Å². The van der Waals surface area contributed by atoms with E-state index in [4.69, 9.17) is 0 Å². The Labute approximate surface area is 206 Å². The Hall–Kier alpha value is -3.49. The van der Waals surface area contributed by atoms with Crippen LogP contribution >= 0.6 is 0 Å². The third kappa shape index (κ3) is 5.13. The fraction of sp³-hybridized carbons (Fsp3) is 0.259. The van der Waals surface area contributed by atoms with Crippen LogP contribution in [0.2, 0.25) is 0 Å². The first-order valence-electron chi connectivity index (χ1n) is 11.8. The lowest BCUT2D eigenvalue weighted by atomic mass is 10.0. The number of benzene rings is 3. The normalized spacial score (nSPS) is 12.7. The molecular weight excluding hydrogens is 460 g/mol. The molecule has 4 aromatic rings. The highest BCUT2D eigenvalue weighted by atomic mass is 32.2. The van der Waals surface area contributed by atoms with E-state index < -0.39 is 10.0 Å². The Kier molecular flexibility index (Phi) is 7.33. The fourth-order valence-corrected chi connectivity index (χ4v) is 5.57. The van der Waals surface area contributed by atoms with Crippen molar-refractivity contribution in [1.82, 2.24) is 14.1 Å². The van der Waals surface area contributed by atoms with Gasteiger partial charge in [-0.3, -0.25) is 9.48 Å². The van der Waals surface area contributed by atoms with Gasteiger partial charge in [-0.15, -0.1) is 0 Å². The summed E-state index contributed by atoms with van der Waals surface area (Å²) in [5.74, 6) is 0.0621. The van der Waals surface area contributed by atoms with Gasteiger partial charge >= 0.3 is 0 Å². The van der Waals surface area contributed by atoms with E-state index in [9.17, 15) is 13.2 Å². The molecule has 182 valence electrons. The zero-order valence-corrected chi connectivity index (χ0v) is 21.0. The second-order valence-corrected chi connectivity index (χ2v) is 10.3. The second-order valence-electron chi connectivity index (χ2n) is 8.38. The molecule has 0 spiro atoms. The molecule has 0 aliphatic rings. The molecule has 1 unspecified atom stereocenters. The van der Waals surface area contributed by atoms with Gasteiger partial charge < -0.3 is 5.32 Å². The van der Waals surface area contributed by atoms with E-state index in [0.29, 0.717) is 25.5 Å². The molecule has 35 heavy (non-hydrogen) atoms. The molecule has 0 bridgehead atoms. The van der Waals surface area contributed by atoms with Crippen LogP contribution in [0.3, 0.4) is 0 Å². The number of nitrogens with one attached hydrogen (secondary N) is 1. The summed E-state index contributed by atoms with van der Waals surface area (Å²) in [5, 5.41) is 8.52. The van der Waals surface area contributed by atoms with Gasteiger partial charge in [-0.2, -0.15) is 9.40 Å². The van der Waals surface area contributed by atoms with E-state index >= 15 is 0 Å². The van der Waals surface area contributed by atoms with Crippen molar-refractivity contribution in [1.29, 1.82) is 0 Å². The zero-order valence-electron chi connectivity index (χ0n) is 20.2. The summed E-state index contributed by atoms with van der Waals surface area (Å²) >= 11 is 0. The van der Waals surface area contributed by atoms with Gasteiger partial charge in [-0.05, 0) is 42.3 Å². The van der Waals surface area contributed by atoms with Crippen LogP contribution in [0.25, 0.3) is 10.9 Å². The molecule has 1 atom stereocenters. The van der Waals surface area contributed by atoms with Gasteiger partial charge in [0.25, 0.3) is 0 Å². The van der Waals surface area contributed by atoms with Crippen molar-refractivity contribution in [3.63, 3.8) is 0 Å². The first-order valence-corrected chi connectivity index (χ1v) is 13.2. The highest BCUT2D eigenvalue weighted by Crippen LogP contribution is 2.26. The van der Waals surface area contributed by atoms with Gasteiger partial charge in [0.1, 0.15) is 0 Å². The molecule has 7 nitrogen and oxygen atoms in total. The lowest BCUT2D eigenvalue weighted by Crippen LogP contribution is -2.30. The maximum atomic E-state index is 12.9. The zero-order chi connectivity index (χ0) is 25.0. The summed E-state index contributed by atoms with van der Waals surface area (Å²) in [6, 6.07) is 24.3. The number of carbonyl (C=O) groups excluding carboxylic acids is 1. The maximum absolute atomic E-state index is 12.9. The highest BCUT2D eigenvalue weighted by molar-refractivity contribution is 7.89. The van der Waals surface area contributed by atoms with Gasteiger partial charge in [-0.1, -0.05) is 68.4 Å². The summed E-state index contributed by atoms with van der Waals surface area (Å²) in [6.45, 7) is 6.83. The fourth-order valence-electron chi connectivity index (χ4n) is 4.11. The van der Waals surface area contributed by atoms with Crippen molar-refractivity contribution in [3.8, 4) is 0 Å².